The SMILES string of the molecule is Fc1cnc(NC2CC3CCC2C3)c(F)c1. The molecular formula is C12H14F2N2. The molecule has 2 aliphatic carbocycles. The van der Waals surface area contributed by atoms with Crippen LogP contribution in [0.15, 0.2) is 12.3 Å². The number of hydrogen-bond acceptors (Lipinski definition) is 2. The van der Waals surface area contributed by atoms with Gasteiger partial charge in [0.2, 0.25) is 0 Å². The smallest absolute Gasteiger partial charge is 0.168 e. The predicted octanol–water partition coefficient (Wildman–Crippen LogP) is 2.96. The molecule has 86 valence electrons. The number of aromatic nitrogens is 1. The van der Waals surface area contributed by atoms with Gasteiger partial charge in [-0.1, -0.05) is 6.42 Å². The first-order valence-electron chi connectivity index (χ1n) is 5.80. The van der Waals surface area contributed by atoms with Crippen LogP contribution in [0.25, 0.3) is 0 Å². The first kappa shape index (κ1) is 10.00. The van der Waals surface area contributed by atoms with E-state index in [2.05, 4.69) is 10.3 Å². The van der Waals surface area contributed by atoms with Crippen molar-refractivity contribution in [1.29, 1.82) is 0 Å². The lowest BCUT2D eigenvalue weighted by molar-refractivity contribution is 0.436. The zero-order valence-corrected chi connectivity index (χ0v) is 8.92. The lowest BCUT2D eigenvalue weighted by Crippen LogP contribution is -2.26. The highest BCUT2D eigenvalue weighted by atomic mass is 19.1. The van der Waals surface area contributed by atoms with Crippen molar-refractivity contribution < 1.29 is 8.78 Å². The fraction of sp³-hybridized carbons (Fsp3) is 0.583. The normalized spacial score (nSPS) is 32.0. The zero-order chi connectivity index (χ0) is 11.1. The highest BCUT2D eigenvalue weighted by molar-refractivity contribution is 5.37. The van der Waals surface area contributed by atoms with Gasteiger partial charge in [0, 0.05) is 12.1 Å². The Morgan fingerprint density at radius 2 is 2.12 bits per heavy atom. The molecule has 2 nitrogen and oxygen atoms in total. The molecule has 3 rings (SSSR count). The second kappa shape index (κ2) is 3.68. The van der Waals surface area contributed by atoms with Gasteiger partial charge in [-0.2, -0.15) is 0 Å². The Hall–Kier alpha value is -1.19. The summed E-state index contributed by atoms with van der Waals surface area (Å²) in [6.45, 7) is 0. The number of anilines is 1. The van der Waals surface area contributed by atoms with E-state index >= 15 is 0 Å². The fourth-order valence-corrected chi connectivity index (χ4v) is 3.12. The molecule has 2 fully saturated rings. The van der Waals surface area contributed by atoms with Crippen LogP contribution < -0.4 is 5.32 Å². The highest BCUT2D eigenvalue weighted by Gasteiger charge is 2.39. The van der Waals surface area contributed by atoms with Crippen molar-refractivity contribution >= 4 is 5.82 Å². The Morgan fingerprint density at radius 1 is 1.25 bits per heavy atom. The molecule has 0 radical (unpaired) electrons. The molecule has 2 aliphatic rings. The van der Waals surface area contributed by atoms with Crippen LogP contribution in [-0.4, -0.2) is 11.0 Å². The molecule has 0 aliphatic heterocycles. The van der Waals surface area contributed by atoms with Gasteiger partial charge in [-0.25, -0.2) is 13.8 Å². The molecule has 1 heterocycles. The maximum atomic E-state index is 13.4. The molecule has 16 heavy (non-hydrogen) atoms. The average Bonchev–Trinajstić information content (AvgIpc) is 2.84. The fourth-order valence-electron chi connectivity index (χ4n) is 3.12. The summed E-state index contributed by atoms with van der Waals surface area (Å²) in [5.41, 5.74) is 0. The number of halogens is 2. The Balaban J connectivity index is 1.74. The number of pyridine rings is 1. The molecule has 0 amide bonds. The molecule has 3 unspecified atom stereocenters. The average molecular weight is 224 g/mol. The van der Waals surface area contributed by atoms with Gasteiger partial charge in [0.05, 0.1) is 6.20 Å². The third-order valence-corrected chi connectivity index (χ3v) is 3.87. The Kier molecular flexibility index (Phi) is 2.30. The van der Waals surface area contributed by atoms with E-state index in [9.17, 15) is 8.78 Å². The number of hydrogen-bond donors (Lipinski definition) is 1. The van der Waals surface area contributed by atoms with Crippen molar-refractivity contribution in [2.24, 2.45) is 11.8 Å². The topological polar surface area (TPSA) is 24.9 Å². The molecule has 1 N–H and O–H groups in total. The molecule has 3 atom stereocenters. The van der Waals surface area contributed by atoms with E-state index in [0.29, 0.717) is 12.0 Å². The molecule has 4 heteroatoms. The summed E-state index contributed by atoms with van der Waals surface area (Å²) in [5.74, 6) is 0.417. The Labute approximate surface area is 93.1 Å². The Morgan fingerprint density at radius 3 is 2.75 bits per heavy atom. The van der Waals surface area contributed by atoms with Crippen LogP contribution in [0.5, 0.6) is 0 Å². The van der Waals surface area contributed by atoms with Gasteiger partial charge in [-0.3, -0.25) is 0 Å². The second-order valence-electron chi connectivity index (χ2n) is 4.91. The van der Waals surface area contributed by atoms with Crippen molar-refractivity contribution in [3.05, 3.63) is 23.9 Å². The molecule has 2 saturated carbocycles. The standard InChI is InChI=1S/C12H14F2N2/c13-9-5-10(14)12(15-6-9)16-11-4-7-1-2-8(11)3-7/h5-8,11H,1-4H2,(H,15,16). The molecule has 0 saturated heterocycles. The van der Waals surface area contributed by atoms with Gasteiger partial charge in [0.1, 0.15) is 5.82 Å². The van der Waals surface area contributed by atoms with Crippen LogP contribution in [-0.2, 0) is 0 Å². The van der Waals surface area contributed by atoms with Crippen LogP contribution in [0, 0.1) is 23.5 Å². The lowest BCUT2D eigenvalue weighted by atomic mass is 9.95. The first-order chi connectivity index (χ1) is 7.72. The van der Waals surface area contributed by atoms with E-state index in [1.54, 1.807) is 0 Å². The molecule has 2 bridgehead atoms. The molecule has 0 spiro atoms. The van der Waals surface area contributed by atoms with Gasteiger partial charge < -0.3 is 5.32 Å². The maximum absolute atomic E-state index is 13.4. The van der Waals surface area contributed by atoms with E-state index in [-0.39, 0.29) is 5.82 Å². The second-order valence-corrected chi connectivity index (χ2v) is 4.91. The summed E-state index contributed by atoms with van der Waals surface area (Å²) < 4.78 is 26.1. The molecular weight excluding hydrogens is 210 g/mol. The number of rotatable bonds is 2. The van der Waals surface area contributed by atoms with E-state index < -0.39 is 11.6 Å². The molecule has 1 aromatic heterocycles. The van der Waals surface area contributed by atoms with E-state index in [1.165, 1.54) is 19.3 Å². The summed E-state index contributed by atoms with van der Waals surface area (Å²) in [5, 5.41) is 3.12. The van der Waals surface area contributed by atoms with Crippen LogP contribution in [0.3, 0.4) is 0 Å². The minimum atomic E-state index is -0.629. The van der Waals surface area contributed by atoms with Gasteiger partial charge in [0.25, 0.3) is 0 Å². The minimum absolute atomic E-state index is 0.193. The summed E-state index contributed by atoms with van der Waals surface area (Å²) in [7, 11) is 0. The number of fused-ring (bicyclic) bond motifs is 2. The van der Waals surface area contributed by atoms with Crippen molar-refractivity contribution in [1.82, 2.24) is 4.98 Å². The predicted molar refractivity (Wildman–Crippen MR) is 57.0 cm³/mol. The van der Waals surface area contributed by atoms with E-state index in [0.717, 1.165) is 24.6 Å². The van der Waals surface area contributed by atoms with E-state index in [1.807, 2.05) is 0 Å². The quantitative estimate of drug-likeness (QED) is 0.835. The van der Waals surface area contributed by atoms with Crippen molar-refractivity contribution in [2.75, 3.05) is 5.32 Å². The third-order valence-electron chi connectivity index (χ3n) is 3.87. The van der Waals surface area contributed by atoms with Crippen molar-refractivity contribution in [3.8, 4) is 0 Å². The van der Waals surface area contributed by atoms with Gasteiger partial charge >= 0.3 is 0 Å². The zero-order valence-electron chi connectivity index (χ0n) is 8.92. The van der Waals surface area contributed by atoms with Crippen LogP contribution in [0.1, 0.15) is 25.7 Å². The summed E-state index contributed by atoms with van der Waals surface area (Å²) >= 11 is 0. The van der Waals surface area contributed by atoms with Crippen molar-refractivity contribution in [2.45, 2.75) is 31.7 Å². The molecule has 1 aromatic rings. The van der Waals surface area contributed by atoms with Crippen molar-refractivity contribution in [3.63, 3.8) is 0 Å². The lowest BCUT2D eigenvalue weighted by Gasteiger charge is -2.23. The van der Waals surface area contributed by atoms with Gasteiger partial charge in [-0.05, 0) is 31.1 Å². The number of nitrogens with one attached hydrogen (secondary N) is 1. The number of nitrogens with zero attached hydrogens (tertiary/aromatic N) is 1. The monoisotopic (exact) mass is 224 g/mol. The summed E-state index contributed by atoms with van der Waals surface area (Å²) in [6.07, 6.45) is 5.94. The molecule has 0 aromatic carbocycles. The van der Waals surface area contributed by atoms with Gasteiger partial charge in [-0.15, -0.1) is 0 Å². The highest BCUT2D eigenvalue weighted by Crippen LogP contribution is 2.45. The van der Waals surface area contributed by atoms with Crippen LogP contribution in [0.4, 0.5) is 14.6 Å². The third kappa shape index (κ3) is 1.66. The van der Waals surface area contributed by atoms with Crippen LogP contribution in [0.2, 0.25) is 0 Å². The maximum Gasteiger partial charge on any atom is 0.168 e. The van der Waals surface area contributed by atoms with Gasteiger partial charge in [0.15, 0.2) is 11.6 Å². The van der Waals surface area contributed by atoms with Crippen LogP contribution >= 0.6 is 0 Å². The van der Waals surface area contributed by atoms with E-state index in [4.69, 9.17) is 0 Å². The first-order valence-corrected chi connectivity index (χ1v) is 5.80. The minimum Gasteiger partial charge on any atom is -0.365 e. The summed E-state index contributed by atoms with van der Waals surface area (Å²) in [6, 6.07) is 1.20. The largest absolute Gasteiger partial charge is 0.365 e. The summed E-state index contributed by atoms with van der Waals surface area (Å²) in [4.78, 5) is 3.76. The Bertz CT molecular complexity index is 408.